The topological polar surface area (TPSA) is 34.1 Å². The normalized spacial score (nSPS) is 12.5. The van der Waals surface area contributed by atoms with Crippen LogP contribution in [0, 0.1) is 0 Å². The number of halogens is 2. The van der Waals surface area contributed by atoms with Crippen molar-refractivity contribution in [2.75, 3.05) is 25.6 Å². The van der Waals surface area contributed by atoms with Crippen molar-refractivity contribution in [3.8, 4) is 0 Å². The van der Waals surface area contributed by atoms with Gasteiger partial charge in [-0.1, -0.05) is 11.6 Å². The van der Waals surface area contributed by atoms with E-state index in [1.807, 2.05) is 6.07 Å². The SMILES string of the molecule is COCC(Cl)CCNc1ccc(Cl)cn1. The second kappa shape index (κ2) is 6.88. The molecule has 0 aliphatic rings. The number of nitrogens with one attached hydrogen (secondary N) is 1. The van der Waals surface area contributed by atoms with Gasteiger partial charge in [0, 0.05) is 19.9 Å². The van der Waals surface area contributed by atoms with Crippen LogP contribution in [0.4, 0.5) is 5.82 Å². The van der Waals surface area contributed by atoms with Gasteiger partial charge in [0.15, 0.2) is 0 Å². The summed E-state index contributed by atoms with van der Waals surface area (Å²) >= 11 is 11.7. The Hall–Kier alpha value is -0.510. The molecule has 0 fully saturated rings. The summed E-state index contributed by atoms with van der Waals surface area (Å²) in [7, 11) is 1.64. The lowest BCUT2D eigenvalue weighted by atomic mass is 10.3. The molecule has 1 atom stereocenters. The van der Waals surface area contributed by atoms with Crippen LogP contribution in [-0.2, 0) is 4.74 Å². The molecular formula is C10H14Cl2N2O. The predicted molar refractivity (Wildman–Crippen MR) is 63.9 cm³/mol. The van der Waals surface area contributed by atoms with Crippen LogP contribution in [0.25, 0.3) is 0 Å². The zero-order chi connectivity index (χ0) is 11.1. The Kier molecular flexibility index (Phi) is 5.76. The summed E-state index contributed by atoms with van der Waals surface area (Å²) in [6, 6.07) is 3.63. The molecule has 1 heterocycles. The molecular weight excluding hydrogens is 235 g/mol. The highest BCUT2D eigenvalue weighted by Gasteiger charge is 2.03. The number of hydrogen-bond donors (Lipinski definition) is 1. The largest absolute Gasteiger partial charge is 0.383 e. The van der Waals surface area contributed by atoms with Gasteiger partial charge in [-0.05, 0) is 18.6 Å². The molecule has 5 heteroatoms. The molecule has 1 N–H and O–H groups in total. The quantitative estimate of drug-likeness (QED) is 0.787. The van der Waals surface area contributed by atoms with E-state index in [0.29, 0.717) is 11.6 Å². The van der Waals surface area contributed by atoms with Crippen LogP contribution in [0.5, 0.6) is 0 Å². The Morgan fingerprint density at radius 3 is 2.93 bits per heavy atom. The van der Waals surface area contributed by atoms with Gasteiger partial charge in [0.2, 0.25) is 0 Å². The van der Waals surface area contributed by atoms with E-state index >= 15 is 0 Å². The number of alkyl halides is 1. The maximum absolute atomic E-state index is 5.97. The van der Waals surface area contributed by atoms with Crippen LogP contribution in [0.3, 0.4) is 0 Å². The number of pyridine rings is 1. The molecule has 15 heavy (non-hydrogen) atoms. The van der Waals surface area contributed by atoms with Crippen LogP contribution in [0.2, 0.25) is 5.02 Å². The van der Waals surface area contributed by atoms with Crippen LogP contribution in [0.15, 0.2) is 18.3 Å². The molecule has 0 saturated heterocycles. The molecule has 84 valence electrons. The van der Waals surface area contributed by atoms with E-state index in [1.54, 1.807) is 19.4 Å². The van der Waals surface area contributed by atoms with E-state index in [1.165, 1.54) is 0 Å². The Labute approximate surface area is 99.7 Å². The molecule has 0 amide bonds. The molecule has 0 radical (unpaired) electrons. The highest BCUT2D eigenvalue weighted by Crippen LogP contribution is 2.10. The first kappa shape index (κ1) is 12.6. The number of methoxy groups -OCH3 is 1. The number of hydrogen-bond acceptors (Lipinski definition) is 3. The lowest BCUT2D eigenvalue weighted by Gasteiger charge is -2.09. The Morgan fingerprint density at radius 1 is 1.53 bits per heavy atom. The first-order valence-electron chi connectivity index (χ1n) is 4.71. The molecule has 1 unspecified atom stereocenters. The number of aromatic nitrogens is 1. The third-order valence-corrected chi connectivity index (χ3v) is 2.41. The second-order valence-electron chi connectivity index (χ2n) is 3.13. The van der Waals surface area contributed by atoms with Gasteiger partial charge < -0.3 is 10.1 Å². The monoisotopic (exact) mass is 248 g/mol. The van der Waals surface area contributed by atoms with E-state index < -0.39 is 0 Å². The maximum atomic E-state index is 5.97. The molecule has 3 nitrogen and oxygen atoms in total. The lowest BCUT2D eigenvalue weighted by Crippen LogP contribution is -2.13. The number of anilines is 1. The zero-order valence-electron chi connectivity index (χ0n) is 8.54. The molecule has 1 aromatic heterocycles. The van der Waals surface area contributed by atoms with Crippen molar-refractivity contribution in [3.05, 3.63) is 23.4 Å². The number of nitrogens with zero attached hydrogens (tertiary/aromatic N) is 1. The highest BCUT2D eigenvalue weighted by atomic mass is 35.5. The van der Waals surface area contributed by atoms with Crippen LogP contribution >= 0.6 is 23.2 Å². The Balaban J connectivity index is 2.22. The fraction of sp³-hybridized carbons (Fsp3) is 0.500. The van der Waals surface area contributed by atoms with E-state index in [0.717, 1.165) is 18.8 Å². The van der Waals surface area contributed by atoms with Crippen molar-refractivity contribution in [2.24, 2.45) is 0 Å². The minimum absolute atomic E-state index is 0.0369. The van der Waals surface area contributed by atoms with E-state index in [4.69, 9.17) is 27.9 Å². The zero-order valence-corrected chi connectivity index (χ0v) is 10.1. The summed E-state index contributed by atoms with van der Waals surface area (Å²) in [5, 5.41) is 3.82. The van der Waals surface area contributed by atoms with Crippen LogP contribution in [0.1, 0.15) is 6.42 Å². The molecule has 0 spiro atoms. The van der Waals surface area contributed by atoms with E-state index in [9.17, 15) is 0 Å². The average molecular weight is 249 g/mol. The van der Waals surface area contributed by atoms with Gasteiger partial charge in [0.25, 0.3) is 0 Å². The third kappa shape index (κ3) is 5.21. The summed E-state index contributed by atoms with van der Waals surface area (Å²) in [4.78, 5) is 4.10. The lowest BCUT2D eigenvalue weighted by molar-refractivity contribution is 0.196. The summed E-state index contributed by atoms with van der Waals surface area (Å²) in [6.07, 6.45) is 2.44. The van der Waals surface area contributed by atoms with E-state index in [2.05, 4.69) is 10.3 Å². The van der Waals surface area contributed by atoms with Crippen molar-refractivity contribution in [1.29, 1.82) is 0 Å². The summed E-state index contributed by atoms with van der Waals surface area (Å²) in [5.74, 6) is 0.806. The number of ether oxygens (including phenoxy) is 1. The molecule has 1 aromatic rings. The molecule has 0 bridgehead atoms. The molecule has 1 rings (SSSR count). The molecule has 0 aliphatic carbocycles. The maximum Gasteiger partial charge on any atom is 0.125 e. The van der Waals surface area contributed by atoms with Crippen molar-refractivity contribution in [1.82, 2.24) is 4.98 Å². The van der Waals surface area contributed by atoms with Crippen molar-refractivity contribution >= 4 is 29.0 Å². The van der Waals surface area contributed by atoms with Crippen LogP contribution in [-0.4, -0.2) is 30.6 Å². The summed E-state index contributed by atoms with van der Waals surface area (Å²) < 4.78 is 4.93. The summed E-state index contributed by atoms with van der Waals surface area (Å²) in [5.41, 5.74) is 0. The van der Waals surface area contributed by atoms with Crippen molar-refractivity contribution in [3.63, 3.8) is 0 Å². The highest BCUT2D eigenvalue weighted by molar-refractivity contribution is 6.30. The average Bonchev–Trinajstić information content (AvgIpc) is 2.21. The van der Waals surface area contributed by atoms with Gasteiger partial charge in [-0.25, -0.2) is 4.98 Å². The van der Waals surface area contributed by atoms with Gasteiger partial charge in [-0.15, -0.1) is 11.6 Å². The molecule has 0 saturated carbocycles. The van der Waals surface area contributed by atoms with Gasteiger partial charge in [0.1, 0.15) is 5.82 Å². The van der Waals surface area contributed by atoms with Crippen molar-refractivity contribution in [2.45, 2.75) is 11.8 Å². The summed E-state index contributed by atoms with van der Waals surface area (Å²) in [6.45, 7) is 1.34. The predicted octanol–water partition coefficient (Wildman–Crippen LogP) is 2.79. The second-order valence-corrected chi connectivity index (χ2v) is 4.18. The molecule has 0 aromatic carbocycles. The third-order valence-electron chi connectivity index (χ3n) is 1.84. The van der Waals surface area contributed by atoms with Gasteiger partial charge >= 0.3 is 0 Å². The minimum Gasteiger partial charge on any atom is -0.383 e. The van der Waals surface area contributed by atoms with Crippen LogP contribution < -0.4 is 5.32 Å². The Morgan fingerprint density at radius 2 is 2.33 bits per heavy atom. The fourth-order valence-electron chi connectivity index (χ4n) is 1.10. The first-order valence-corrected chi connectivity index (χ1v) is 5.52. The molecule has 0 aliphatic heterocycles. The standard InChI is InChI=1S/C10H14Cl2N2O/c1-15-7-9(12)4-5-13-10-3-2-8(11)6-14-10/h2-3,6,9H,4-5,7H2,1H3,(H,13,14). The van der Waals surface area contributed by atoms with Gasteiger partial charge in [0.05, 0.1) is 17.0 Å². The minimum atomic E-state index is 0.0369. The van der Waals surface area contributed by atoms with E-state index in [-0.39, 0.29) is 5.38 Å². The first-order chi connectivity index (χ1) is 7.22. The fourth-order valence-corrected chi connectivity index (χ4v) is 1.45. The smallest absolute Gasteiger partial charge is 0.125 e. The van der Waals surface area contributed by atoms with Gasteiger partial charge in [-0.2, -0.15) is 0 Å². The number of rotatable bonds is 6. The Bertz CT molecular complexity index is 279. The van der Waals surface area contributed by atoms with Crippen molar-refractivity contribution < 1.29 is 4.74 Å². The van der Waals surface area contributed by atoms with Gasteiger partial charge in [-0.3, -0.25) is 0 Å².